The maximum Gasteiger partial charge on any atom is 0.311 e. The summed E-state index contributed by atoms with van der Waals surface area (Å²) in [4.78, 5) is 24.7. The van der Waals surface area contributed by atoms with Crippen LogP contribution in [0.5, 0.6) is 0 Å². The van der Waals surface area contributed by atoms with Gasteiger partial charge in [0.05, 0.1) is 23.7 Å². The van der Waals surface area contributed by atoms with Gasteiger partial charge in [-0.2, -0.15) is 0 Å². The summed E-state index contributed by atoms with van der Waals surface area (Å²) in [7, 11) is 1.32. The average Bonchev–Trinajstić information content (AvgIpc) is 2.71. The number of esters is 1. The van der Waals surface area contributed by atoms with Crippen molar-refractivity contribution in [2.24, 2.45) is 5.92 Å². The summed E-state index contributed by atoms with van der Waals surface area (Å²) >= 11 is 6.02. The second-order valence-electron chi connectivity index (χ2n) is 3.88. The van der Waals surface area contributed by atoms with Crippen LogP contribution in [0.25, 0.3) is 0 Å². The number of nitrogens with zero attached hydrogens (tertiary/aromatic N) is 1. The molecule has 4 nitrogen and oxygen atoms in total. The van der Waals surface area contributed by atoms with Crippen LogP contribution >= 0.6 is 11.6 Å². The summed E-state index contributed by atoms with van der Waals surface area (Å²) in [5.74, 6) is -0.856. The minimum Gasteiger partial charge on any atom is -0.469 e. The first-order chi connectivity index (χ1) is 8.13. The van der Waals surface area contributed by atoms with Gasteiger partial charge in [-0.3, -0.25) is 9.59 Å². The van der Waals surface area contributed by atoms with E-state index in [1.807, 2.05) is 0 Å². The topological polar surface area (TPSA) is 46.6 Å². The number of anilines is 1. The SMILES string of the molecule is COC(=O)[C@H]1CC(=O)N(c2ccccc2Cl)C1. The van der Waals surface area contributed by atoms with E-state index in [1.54, 1.807) is 24.3 Å². The molecule has 0 saturated carbocycles. The number of halogens is 1. The third kappa shape index (κ3) is 2.26. The Labute approximate surface area is 104 Å². The van der Waals surface area contributed by atoms with E-state index in [4.69, 9.17) is 11.6 Å². The first kappa shape index (κ1) is 11.9. The van der Waals surface area contributed by atoms with E-state index >= 15 is 0 Å². The van der Waals surface area contributed by atoms with Gasteiger partial charge in [0.2, 0.25) is 5.91 Å². The highest BCUT2D eigenvalue weighted by Crippen LogP contribution is 2.31. The van der Waals surface area contributed by atoms with Gasteiger partial charge in [-0.1, -0.05) is 23.7 Å². The molecule has 0 bridgehead atoms. The number of rotatable bonds is 2. The van der Waals surface area contributed by atoms with Gasteiger partial charge in [0.25, 0.3) is 0 Å². The molecule has 5 heteroatoms. The van der Waals surface area contributed by atoms with Gasteiger partial charge < -0.3 is 9.64 Å². The number of benzene rings is 1. The Morgan fingerprint density at radius 1 is 1.47 bits per heavy atom. The monoisotopic (exact) mass is 253 g/mol. The van der Waals surface area contributed by atoms with E-state index in [0.29, 0.717) is 17.3 Å². The number of hydrogen-bond donors (Lipinski definition) is 0. The number of amides is 1. The zero-order chi connectivity index (χ0) is 12.4. The third-order valence-corrected chi connectivity index (χ3v) is 3.12. The fourth-order valence-electron chi connectivity index (χ4n) is 1.94. The molecule has 0 unspecified atom stereocenters. The quantitative estimate of drug-likeness (QED) is 0.756. The van der Waals surface area contributed by atoms with Crippen molar-refractivity contribution in [3.8, 4) is 0 Å². The minimum absolute atomic E-state index is 0.103. The zero-order valence-electron chi connectivity index (χ0n) is 9.35. The maximum atomic E-state index is 11.8. The smallest absolute Gasteiger partial charge is 0.311 e. The van der Waals surface area contributed by atoms with E-state index in [-0.39, 0.29) is 18.3 Å². The third-order valence-electron chi connectivity index (χ3n) is 2.80. The van der Waals surface area contributed by atoms with E-state index in [9.17, 15) is 9.59 Å². The Hall–Kier alpha value is -1.55. The highest BCUT2D eigenvalue weighted by atomic mass is 35.5. The predicted molar refractivity (Wildman–Crippen MR) is 63.9 cm³/mol. The molecule has 1 heterocycles. The largest absolute Gasteiger partial charge is 0.469 e. The number of para-hydroxylation sites is 1. The van der Waals surface area contributed by atoms with Crippen LogP contribution in [0.15, 0.2) is 24.3 Å². The Bertz CT molecular complexity index is 461. The maximum absolute atomic E-state index is 11.8. The number of carbonyl (C=O) groups is 2. The number of methoxy groups -OCH3 is 1. The molecule has 1 aromatic carbocycles. The van der Waals surface area contributed by atoms with Crippen LogP contribution in [0, 0.1) is 5.92 Å². The fraction of sp³-hybridized carbons (Fsp3) is 0.333. The lowest BCUT2D eigenvalue weighted by Gasteiger charge is -2.17. The fourth-order valence-corrected chi connectivity index (χ4v) is 2.17. The minimum atomic E-state index is -0.399. The molecule has 1 saturated heterocycles. The van der Waals surface area contributed by atoms with Crippen LogP contribution < -0.4 is 4.90 Å². The van der Waals surface area contributed by atoms with Gasteiger partial charge in [0.15, 0.2) is 0 Å². The Morgan fingerprint density at radius 2 is 2.18 bits per heavy atom. The molecule has 0 aliphatic carbocycles. The first-order valence-corrected chi connectivity index (χ1v) is 5.64. The van der Waals surface area contributed by atoms with Crippen molar-refractivity contribution >= 4 is 29.2 Å². The highest BCUT2D eigenvalue weighted by molar-refractivity contribution is 6.33. The molecule has 2 rings (SSSR count). The molecule has 17 heavy (non-hydrogen) atoms. The van der Waals surface area contributed by atoms with Gasteiger partial charge in [-0.05, 0) is 12.1 Å². The molecule has 1 amide bonds. The van der Waals surface area contributed by atoms with Crippen LogP contribution in [0.3, 0.4) is 0 Å². The van der Waals surface area contributed by atoms with E-state index in [0.717, 1.165) is 0 Å². The Kier molecular flexibility index (Phi) is 3.33. The molecule has 1 aliphatic heterocycles. The van der Waals surface area contributed by atoms with Crippen molar-refractivity contribution < 1.29 is 14.3 Å². The molecule has 1 fully saturated rings. The Morgan fingerprint density at radius 3 is 2.82 bits per heavy atom. The standard InChI is InChI=1S/C12H12ClNO3/c1-17-12(16)8-6-11(15)14(7-8)10-5-3-2-4-9(10)13/h2-5,8H,6-7H2,1H3/t8-/m0/s1. The van der Waals surface area contributed by atoms with Gasteiger partial charge >= 0.3 is 5.97 Å². The van der Waals surface area contributed by atoms with Crippen molar-refractivity contribution in [1.82, 2.24) is 0 Å². The molecule has 0 radical (unpaired) electrons. The Balaban J connectivity index is 2.22. The summed E-state index contributed by atoms with van der Waals surface area (Å²) < 4.78 is 4.65. The molecular weight excluding hydrogens is 242 g/mol. The molecule has 1 aromatic rings. The molecule has 0 N–H and O–H groups in total. The zero-order valence-corrected chi connectivity index (χ0v) is 10.1. The van der Waals surface area contributed by atoms with Crippen molar-refractivity contribution in [1.29, 1.82) is 0 Å². The predicted octanol–water partition coefficient (Wildman–Crippen LogP) is 1.87. The van der Waals surface area contributed by atoms with Crippen LogP contribution in [-0.2, 0) is 14.3 Å². The number of carbonyl (C=O) groups excluding carboxylic acids is 2. The molecule has 0 aromatic heterocycles. The lowest BCUT2D eigenvalue weighted by Crippen LogP contribution is -2.26. The van der Waals surface area contributed by atoms with Gasteiger partial charge in [0.1, 0.15) is 0 Å². The van der Waals surface area contributed by atoms with Gasteiger partial charge in [-0.15, -0.1) is 0 Å². The van der Waals surface area contributed by atoms with E-state index in [2.05, 4.69) is 4.74 Å². The number of hydrogen-bond acceptors (Lipinski definition) is 3. The molecular formula is C12H12ClNO3. The van der Waals surface area contributed by atoms with Crippen LogP contribution in [0.2, 0.25) is 5.02 Å². The summed E-state index contributed by atoms with van der Waals surface area (Å²) in [6.45, 7) is 0.329. The normalized spacial score (nSPS) is 19.5. The van der Waals surface area contributed by atoms with Crippen molar-refractivity contribution in [3.63, 3.8) is 0 Å². The van der Waals surface area contributed by atoms with Crippen molar-refractivity contribution in [2.45, 2.75) is 6.42 Å². The summed E-state index contributed by atoms with van der Waals surface area (Å²) in [6.07, 6.45) is 0.178. The molecule has 1 atom stereocenters. The summed E-state index contributed by atoms with van der Waals surface area (Å²) in [6, 6.07) is 7.08. The molecule has 0 spiro atoms. The average molecular weight is 254 g/mol. The summed E-state index contributed by atoms with van der Waals surface area (Å²) in [5.41, 5.74) is 0.644. The van der Waals surface area contributed by atoms with E-state index in [1.165, 1.54) is 12.0 Å². The van der Waals surface area contributed by atoms with Crippen LogP contribution in [-0.4, -0.2) is 25.5 Å². The lowest BCUT2D eigenvalue weighted by molar-refractivity contribution is -0.145. The van der Waals surface area contributed by atoms with Crippen LogP contribution in [0.1, 0.15) is 6.42 Å². The second-order valence-corrected chi connectivity index (χ2v) is 4.29. The summed E-state index contributed by atoms with van der Waals surface area (Å²) in [5, 5.41) is 0.506. The lowest BCUT2D eigenvalue weighted by atomic mass is 10.1. The number of ether oxygens (including phenoxy) is 1. The van der Waals surface area contributed by atoms with Crippen molar-refractivity contribution in [2.75, 3.05) is 18.6 Å². The van der Waals surface area contributed by atoms with Gasteiger partial charge in [0, 0.05) is 13.0 Å². The first-order valence-electron chi connectivity index (χ1n) is 5.26. The van der Waals surface area contributed by atoms with E-state index < -0.39 is 5.92 Å². The highest BCUT2D eigenvalue weighted by Gasteiger charge is 2.36. The van der Waals surface area contributed by atoms with Gasteiger partial charge in [-0.25, -0.2) is 0 Å². The second kappa shape index (κ2) is 4.75. The van der Waals surface area contributed by atoms with Crippen molar-refractivity contribution in [3.05, 3.63) is 29.3 Å². The van der Waals surface area contributed by atoms with Crippen LogP contribution in [0.4, 0.5) is 5.69 Å². The molecule has 90 valence electrons. The molecule has 1 aliphatic rings.